The Labute approximate surface area is 87.7 Å². The van der Waals surface area contributed by atoms with Crippen molar-refractivity contribution >= 4 is 21.6 Å². The van der Waals surface area contributed by atoms with Gasteiger partial charge in [-0.1, -0.05) is 22.9 Å². The number of hydrogen-bond donors (Lipinski definition) is 1. The highest BCUT2D eigenvalue weighted by Gasteiger charge is 2.17. The lowest BCUT2D eigenvalue weighted by Crippen LogP contribution is -2.15. The molecular formula is C11H14BrN. The Morgan fingerprint density at radius 2 is 2.23 bits per heavy atom. The van der Waals surface area contributed by atoms with Gasteiger partial charge in [0, 0.05) is 16.7 Å². The normalized spacial score (nSPS) is 20.7. The molecule has 0 fully saturated rings. The van der Waals surface area contributed by atoms with E-state index >= 15 is 0 Å². The molecule has 1 aromatic rings. The first-order valence-electron chi connectivity index (χ1n) is 4.72. The summed E-state index contributed by atoms with van der Waals surface area (Å²) in [6.45, 7) is 5.57. The van der Waals surface area contributed by atoms with Crippen LogP contribution in [0.1, 0.15) is 30.4 Å². The van der Waals surface area contributed by atoms with Gasteiger partial charge in [-0.2, -0.15) is 0 Å². The lowest BCUT2D eigenvalue weighted by molar-refractivity contribution is 0.682. The zero-order valence-electron chi connectivity index (χ0n) is 8.02. The summed E-state index contributed by atoms with van der Waals surface area (Å²) < 4.78 is 1.19. The Balaban J connectivity index is 2.56. The zero-order valence-corrected chi connectivity index (χ0v) is 9.61. The maximum absolute atomic E-state index is 3.54. The van der Waals surface area contributed by atoms with Crippen LogP contribution in [0, 0.1) is 6.92 Å². The molecule has 0 aliphatic carbocycles. The van der Waals surface area contributed by atoms with E-state index in [1.165, 1.54) is 27.7 Å². The predicted molar refractivity (Wildman–Crippen MR) is 60.4 cm³/mol. The standard InChI is InChI=1S/C11H14BrN/c1-7-3-4-13-11-8(2)5-9(12)6-10(7)11/h5-7,13H,3-4H2,1-2H3. The lowest BCUT2D eigenvalue weighted by Gasteiger charge is -2.25. The molecule has 1 nitrogen and oxygen atoms in total. The van der Waals surface area contributed by atoms with Gasteiger partial charge in [0.05, 0.1) is 0 Å². The van der Waals surface area contributed by atoms with Crippen LogP contribution in [-0.4, -0.2) is 6.54 Å². The van der Waals surface area contributed by atoms with Gasteiger partial charge >= 0.3 is 0 Å². The Kier molecular flexibility index (Phi) is 2.33. The fourth-order valence-corrected chi connectivity index (χ4v) is 2.56. The van der Waals surface area contributed by atoms with E-state index in [1.54, 1.807) is 0 Å². The molecule has 1 unspecified atom stereocenters. The van der Waals surface area contributed by atoms with Crippen LogP contribution in [0.25, 0.3) is 0 Å². The molecule has 0 bridgehead atoms. The van der Waals surface area contributed by atoms with Crippen molar-refractivity contribution in [2.45, 2.75) is 26.2 Å². The number of nitrogens with one attached hydrogen (secondary N) is 1. The number of anilines is 1. The van der Waals surface area contributed by atoms with Crippen molar-refractivity contribution in [1.29, 1.82) is 0 Å². The van der Waals surface area contributed by atoms with Crippen molar-refractivity contribution in [3.8, 4) is 0 Å². The quantitative estimate of drug-likeness (QED) is 0.729. The molecule has 0 spiro atoms. The summed E-state index contributed by atoms with van der Waals surface area (Å²) in [5.74, 6) is 0.687. The van der Waals surface area contributed by atoms with Crippen LogP contribution in [0.3, 0.4) is 0 Å². The third kappa shape index (κ3) is 1.60. The Hall–Kier alpha value is -0.500. The number of halogens is 1. The smallest absolute Gasteiger partial charge is 0.0405 e. The number of benzene rings is 1. The van der Waals surface area contributed by atoms with Gasteiger partial charge in [-0.15, -0.1) is 0 Å². The summed E-state index contributed by atoms with van der Waals surface area (Å²) in [6.07, 6.45) is 1.24. The van der Waals surface area contributed by atoms with Crippen LogP contribution in [0.2, 0.25) is 0 Å². The molecule has 0 saturated carbocycles. The van der Waals surface area contributed by atoms with Crippen molar-refractivity contribution < 1.29 is 0 Å². The fraction of sp³-hybridized carbons (Fsp3) is 0.455. The van der Waals surface area contributed by atoms with Crippen molar-refractivity contribution in [3.05, 3.63) is 27.7 Å². The second kappa shape index (κ2) is 3.33. The third-order valence-electron chi connectivity index (χ3n) is 2.74. The molecule has 1 atom stereocenters. The molecule has 1 aliphatic rings. The highest BCUT2D eigenvalue weighted by molar-refractivity contribution is 9.10. The summed E-state index contributed by atoms with van der Waals surface area (Å²) in [6, 6.07) is 4.41. The van der Waals surface area contributed by atoms with E-state index < -0.39 is 0 Å². The molecule has 0 aromatic heterocycles. The van der Waals surface area contributed by atoms with Gasteiger partial charge in [0.15, 0.2) is 0 Å². The lowest BCUT2D eigenvalue weighted by atomic mass is 9.91. The molecular weight excluding hydrogens is 226 g/mol. The number of hydrogen-bond acceptors (Lipinski definition) is 1. The van der Waals surface area contributed by atoms with Crippen molar-refractivity contribution in [1.82, 2.24) is 0 Å². The minimum atomic E-state index is 0.687. The van der Waals surface area contributed by atoms with Crippen molar-refractivity contribution in [3.63, 3.8) is 0 Å². The molecule has 1 N–H and O–H groups in total. The van der Waals surface area contributed by atoms with E-state index in [2.05, 4.69) is 47.2 Å². The Bertz CT molecular complexity index is 333. The van der Waals surface area contributed by atoms with E-state index in [4.69, 9.17) is 0 Å². The molecule has 0 saturated heterocycles. The van der Waals surface area contributed by atoms with Crippen LogP contribution < -0.4 is 5.32 Å². The second-order valence-electron chi connectivity index (χ2n) is 3.80. The van der Waals surface area contributed by atoms with Gasteiger partial charge in [0.1, 0.15) is 0 Å². The summed E-state index contributed by atoms with van der Waals surface area (Å²) in [7, 11) is 0. The third-order valence-corrected chi connectivity index (χ3v) is 3.20. The zero-order chi connectivity index (χ0) is 9.42. The van der Waals surface area contributed by atoms with Gasteiger partial charge in [-0.05, 0) is 42.5 Å². The van der Waals surface area contributed by atoms with Crippen LogP contribution >= 0.6 is 15.9 Å². The van der Waals surface area contributed by atoms with Crippen LogP contribution in [-0.2, 0) is 0 Å². The minimum Gasteiger partial charge on any atom is -0.385 e. The largest absolute Gasteiger partial charge is 0.385 e. The van der Waals surface area contributed by atoms with Gasteiger partial charge in [-0.25, -0.2) is 0 Å². The average Bonchev–Trinajstić information content (AvgIpc) is 2.07. The summed E-state index contributed by atoms with van der Waals surface area (Å²) in [5.41, 5.74) is 4.15. The summed E-state index contributed by atoms with van der Waals surface area (Å²) >= 11 is 3.54. The molecule has 1 aromatic carbocycles. The SMILES string of the molecule is Cc1cc(Br)cc2c1NCCC2C. The van der Waals surface area contributed by atoms with Crippen LogP contribution in [0.4, 0.5) is 5.69 Å². The first-order chi connectivity index (χ1) is 6.18. The van der Waals surface area contributed by atoms with Gasteiger partial charge < -0.3 is 5.32 Å². The van der Waals surface area contributed by atoms with E-state index in [0.717, 1.165) is 6.54 Å². The van der Waals surface area contributed by atoms with Crippen molar-refractivity contribution in [2.24, 2.45) is 0 Å². The van der Waals surface area contributed by atoms with Gasteiger partial charge in [-0.3, -0.25) is 0 Å². The van der Waals surface area contributed by atoms with Gasteiger partial charge in [0.25, 0.3) is 0 Å². The maximum atomic E-state index is 3.54. The number of aryl methyl sites for hydroxylation is 1. The Morgan fingerprint density at radius 1 is 1.46 bits per heavy atom. The maximum Gasteiger partial charge on any atom is 0.0405 e. The molecule has 2 heteroatoms. The Morgan fingerprint density at radius 3 is 3.00 bits per heavy atom. The summed E-state index contributed by atoms with van der Waals surface area (Å²) in [4.78, 5) is 0. The molecule has 2 rings (SSSR count). The predicted octanol–water partition coefficient (Wildman–Crippen LogP) is 3.68. The molecule has 0 radical (unpaired) electrons. The number of fused-ring (bicyclic) bond motifs is 1. The van der Waals surface area contributed by atoms with E-state index in [1.807, 2.05) is 0 Å². The first kappa shape index (κ1) is 9.07. The topological polar surface area (TPSA) is 12.0 Å². The van der Waals surface area contributed by atoms with E-state index in [0.29, 0.717) is 5.92 Å². The van der Waals surface area contributed by atoms with E-state index in [-0.39, 0.29) is 0 Å². The molecule has 1 aliphatic heterocycles. The van der Waals surface area contributed by atoms with Crippen molar-refractivity contribution in [2.75, 3.05) is 11.9 Å². The summed E-state index contributed by atoms with van der Waals surface area (Å²) in [5, 5.41) is 3.47. The minimum absolute atomic E-state index is 0.687. The molecule has 70 valence electrons. The van der Waals surface area contributed by atoms with Gasteiger partial charge in [0.2, 0.25) is 0 Å². The van der Waals surface area contributed by atoms with E-state index in [9.17, 15) is 0 Å². The monoisotopic (exact) mass is 239 g/mol. The average molecular weight is 240 g/mol. The fourth-order valence-electron chi connectivity index (χ4n) is 1.97. The second-order valence-corrected chi connectivity index (χ2v) is 4.72. The highest BCUT2D eigenvalue weighted by Crippen LogP contribution is 2.35. The molecule has 13 heavy (non-hydrogen) atoms. The highest BCUT2D eigenvalue weighted by atomic mass is 79.9. The van der Waals surface area contributed by atoms with Crippen LogP contribution in [0.15, 0.2) is 16.6 Å². The first-order valence-corrected chi connectivity index (χ1v) is 5.51. The molecule has 1 heterocycles. The van der Waals surface area contributed by atoms with Crippen LogP contribution in [0.5, 0.6) is 0 Å². The molecule has 0 amide bonds. The number of rotatable bonds is 0.